The molecule has 0 unspecified atom stereocenters. The van der Waals surface area contributed by atoms with Crippen molar-refractivity contribution in [1.29, 1.82) is 0 Å². The van der Waals surface area contributed by atoms with Crippen molar-refractivity contribution in [3.05, 3.63) is 65.2 Å². The summed E-state index contributed by atoms with van der Waals surface area (Å²) in [6.07, 6.45) is 3.95. The van der Waals surface area contributed by atoms with E-state index in [0.717, 1.165) is 11.5 Å². The zero-order valence-corrected chi connectivity index (χ0v) is 15.8. The van der Waals surface area contributed by atoms with E-state index in [1.165, 1.54) is 61.8 Å². The van der Waals surface area contributed by atoms with Crippen molar-refractivity contribution in [2.45, 2.75) is 64.1 Å². The van der Waals surface area contributed by atoms with E-state index >= 15 is 0 Å². The molecule has 1 nitrogen and oxygen atoms in total. The molecular formula is C23H27F3O. The highest BCUT2D eigenvalue weighted by Gasteiger charge is 2.30. The fraction of sp³-hybridized carbons (Fsp3) is 0.478. The summed E-state index contributed by atoms with van der Waals surface area (Å²) in [5.41, 5.74) is 3.56. The largest absolute Gasteiger partial charge is 0.573 e. The Morgan fingerprint density at radius 2 is 1.41 bits per heavy atom. The molecule has 0 aliphatic heterocycles. The van der Waals surface area contributed by atoms with Crippen LogP contribution in [0.3, 0.4) is 0 Å². The number of rotatable bonds is 6. The SMILES string of the molecule is CCCC1CCC(c2ccc(Cc3ccc(OC(F)(F)F)cc3)cc2)CC1. The first-order valence-corrected chi connectivity index (χ1v) is 9.86. The van der Waals surface area contributed by atoms with Gasteiger partial charge in [-0.05, 0) is 72.8 Å². The first kappa shape index (κ1) is 19.8. The van der Waals surface area contributed by atoms with Crippen molar-refractivity contribution in [2.24, 2.45) is 5.92 Å². The first-order chi connectivity index (χ1) is 12.9. The van der Waals surface area contributed by atoms with Gasteiger partial charge in [-0.15, -0.1) is 13.2 Å². The van der Waals surface area contributed by atoms with Gasteiger partial charge in [-0.3, -0.25) is 0 Å². The summed E-state index contributed by atoms with van der Waals surface area (Å²) in [4.78, 5) is 0. The lowest BCUT2D eigenvalue weighted by molar-refractivity contribution is -0.274. The van der Waals surface area contributed by atoms with Gasteiger partial charge >= 0.3 is 6.36 Å². The molecule has 0 N–H and O–H groups in total. The predicted octanol–water partition coefficient (Wildman–Crippen LogP) is 7.25. The van der Waals surface area contributed by atoms with Crippen molar-refractivity contribution >= 4 is 0 Å². The quantitative estimate of drug-likeness (QED) is 0.516. The van der Waals surface area contributed by atoms with Crippen LogP contribution < -0.4 is 4.74 Å². The summed E-state index contributed by atoms with van der Waals surface area (Å²) in [5.74, 6) is 1.40. The van der Waals surface area contributed by atoms with E-state index in [-0.39, 0.29) is 5.75 Å². The third-order valence-corrected chi connectivity index (χ3v) is 5.56. The van der Waals surface area contributed by atoms with Gasteiger partial charge in [-0.2, -0.15) is 0 Å². The molecule has 1 aliphatic carbocycles. The van der Waals surface area contributed by atoms with Crippen LogP contribution in [0.1, 0.15) is 68.1 Å². The smallest absolute Gasteiger partial charge is 0.406 e. The van der Waals surface area contributed by atoms with Gasteiger partial charge in [-0.25, -0.2) is 0 Å². The van der Waals surface area contributed by atoms with E-state index in [4.69, 9.17) is 0 Å². The second-order valence-electron chi connectivity index (χ2n) is 7.62. The van der Waals surface area contributed by atoms with E-state index in [9.17, 15) is 13.2 Å². The summed E-state index contributed by atoms with van der Waals surface area (Å²) in [6.45, 7) is 2.27. The summed E-state index contributed by atoms with van der Waals surface area (Å²) >= 11 is 0. The van der Waals surface area contributed by atoms with Crippen LogP contribution in [0.15, 0.2) is 48.5 Å². The van der Waals surface area contributed by atoms with Gasteiger partial charge in [0.1, 0.15) is 5.75 Å². The van der Waals surface area contributed by atoms with E-state index in [1.807, 2.05) is 0 Å². The minimum atomic E-state index is -4.65. The Hall–Kier alpha value is -1.97. The number of hydrogen-bond donors (Lipinski definition) is 0. The van der Waals surface area contributed by atoms with Crippen LogP contribution in [0.2, 0.25) is 0 Å². The number of benzene rings is 2. The van der Waals surface area contributed by atoms with E-state index in [0.29, 0.717) is 12.3 Å². The Bertz CT molecular complexity index is 696. The van der Waals surface area contributed by atoms with Crippen LogP contribution in [0, 0.1) is 5.92 Å². The molecule has 2 aromatic carbocycles. The first-order valence-electron chi connectivity index (χ1n) is 9.86. The average molecular weight is 376 g/mol. The van der Waals surface area contributed by atoms with Crippen LogP contribution in [0.5, 0.6) is 5.75 Å². The normalized spacial score (nSPS) is 20.4. The number of ether oxygens (including phenoxy) is 1. The molecule has 0 heterocycles. The van der Waals surface area contributed by atoms with Crippen molar-refractivity contribution in [3.63, 3.8) is 0 Å². The maximum Gasteiger partial charge on any atom is 0.573 e. The van der Waals surface area contributed by atoms with Crippen LogP contribution in [-0.2, 0) is 6.42 Å². The lowest BCUT2D eigenvalue weighted by Crippen LogP contribution is -2.17. The van der Waals surface area contributed by atoms with E-state index in [1.54, 1.807) is 12.1 Å². The molecule has 146 valence electrons. The topological polar surface area (TPSA) is 9.23 Å². The second kappa shape index (κ2) is 8.81. The molecule has 3 rings (SSSR count). The summed E-state index contributed by atoms with van der Waals surface area (Å²) in [7, 11) is 0. The van der Waals surface area contributed by atoms with Crippen molar-refractivity contribution < 1.29 is 17.9 Å². The number of alkyl halides is 3. The summed E-state index contributed by atoms with van der Waals surface area (Å²) in [6, 6.07) is 14.8. The standard InChI is InChI=1S/C23H27F3O/c1-2-3-17-4-10-20(11-5-17)21-12-6-18(7-13-21)16-19-8-14-22(15-9-19)27-23(24,25)26/h6-9,12-15,17,20H,2-5,10-11,16H2,1H3. The van der Waals surface area contributed by atoms with Crippen molar-refractivity contribution in [2.75, 3.05) is 0 Å². The molecule has 1 fully saturated rings. The zero-order chi connectivity index (χ0) is 19.3. The fourth-order valence-electron chi connectivity index (χ4n) is 4.15. The Kier molecular flexibility index (Phi) is 6.46. The highest BCUT2D eigenvalue weighted by Crippen LogP contribution is 2.37. The molecular weight excluding hydrogens is 349 g/mol. The summed E-state index contributed by atoms with van der Waals surface area (Å²) < 4.78 is 40.6. The third kappa shape index (κ3) is 6.02. The van der Waals surface area contributed by atoms with Gasteiger partial charge in [0, 0.05) is 0 Å². The number of hydrogen-bond acceptors (Lipinski definition) is 1. The molecule has 4 heteroatoms. The van der Waals surface area contributed by atoms with Crippen LogP contribution in [0.25, 0.3) is 0 Å². The van der Waals surface area contributed by atoms with E-state index in [2.05, 4.69) is 35.9 Å². The molecule has 1 saturated carbocycles. The maximum absolute atomic E-state index is 12.2. The van der Waals surface area contributed by atoms with E-state index < -0.39 is 6.36 Å². The average Bonchev–Trinajstić information content (AvgIpc) is 2.64. The van der Waals surface area contributed by atoms with Gasteiger partial charge in [0.25, 0.3) is 0 Å². The molecule has 0 bridgehead atoms. The third-order valence-electron chi connectivity index (χ3n) is 5.56. The molecule has 0 saturated heterocycles. The van der Waals surface area contributed by atoms with Crippen LogP contribution in [-0.4, -0.2) is 6.36 Å². The Labute approximate surface area is 159 Å². The minimum absolute atomic E-state index is 0.180. The van der Waals surface area contributed by atoms with Crippen LogP contribution >= 0.6 is 0 Å². The lowest BCUT2D eigenvalue weighted by Gasteiger charge is -2.28. The summed E-state index contributed by atoms with van der Waals surface area (Å²) in [5, 5.41) is 0. The highest BCUT2D eigenvalue weighted by molar-refractivity contribution is 5.33. The van der Waals surface area contributed by atoms with Crippen molar-refractivity contribution in [3.8, 4) is 5.75 Å². The van der Waals surface area contributed by atoms with Gasteiger partial charge in [0.15, 0.2) is 0 Å². The Balaban J connectivity index is 1.55. The Morgan fingerprint density at radius 1 is 0.852 bits per heavy atom. The van der Waals surface area contributed by atoms with Gasteiger partial charge in [0.2, 0.25) is 0 Å². The fourth-order valence-corrected chi connectivity index (χ4v) is 4.15. The van der Waals surface area contributed by atoms with Crippen LogP contribution in [0.4, 0.5) is 13.2 Å². The van der Waals surface area contributed by atoms with Gasteiger partial charge in [-0.1, -0.05) is 56.2 Å². The lowest BCUT2D eigenvalue weighted by atomic mass is 9.77. The molecule has 0 spiro atoms. The molecule has 0 radical (unpaired) electrons. The van der Waals surface area contributed by atoms with Gasteiger partial charge < -0.3 is 4.74 Å². The zero-order valence-electron chi connectivity index (χ0n) is 15.8. The molecule has 0 aromatic heterocycles. The van der Waals surface area contributed by atoms with Gasteiger partial charge in [0.05, 0.1) is 0 Å². The maximum atomic E-state index is 12.2. The molecule has 0 atom stereocenters. The molecule has 0 amide bonds. The molecule has 27 heavy (non-hydrogen) atoms. The minimum Gasteiger partial charge on any atom is -0.406 e. The highest BCUT2D eigenvalue weighted by atomic mass is 19.4. The molecule has 2 aromatic rings. The monoisotopic (exact) mass is 376 g/mol. The predicted molar refractivity (Wildman–Crippen MR) is 102 cm³/mol. The molecule has 1 aliphatic rings. The van der Waals surface area contributed by atoms with Crippen molar-refractivity contribution in [1.82, 2.24) is 0 Å². The Morgan fingerprint density at radius 3 is 1.93 bits per heavy atom. The number of halogens is 3. The second-order valence-corrected chi connectivity index (χ2v) is 7.62.